The number of fused-ring (bicyclic) bond motifs is 2. The summed E-state index contributed by atoms with van der Waals surface area (Å²) in [6.07, 6.45) is 0. The lowest BCUT2D eigenvalue weighted by atomic mass is 10.1. The average Bonchev–Trinajstić information content (AvgIpc) is 2.81. The van der Waals surface area contributed by atoms with E-state index in [1.807, 2.05) is 38.1 Å². The normalized spacial score (nSPS) is 11.0. The highest BCUT2D eigenvalue weighted by Gasteiger charge is 2.15. The molecule has 0 spiro atoms. The zero-order valence-electron chi connectivity index (χ0n) is 18.7. The van der Waals surface area contributed by atoms with Crippen LogP contribution in [0.3, 0.4) is 0 Å². The molecule has 0 aliphatic heterocycles. The van der Waals surface area contributed by atoms with E-state index in [9.17, 15) is 14.4 Å². The van der Waals surface area contributed by atoms with E-state index >= 15 is 0 Å². The second-order valence-electron chi connectivity index (χ2n) is 8.08. The van der Waals surface area contributed by atoms with Gasteiger partial charge in [-0.15, -0.1) is 0 Å². The van der Waals surface area contributed by atoms with Gasteiger partial charge in [0.15, 0.2) is 5.43 Å². The number of rotatable bonds is 5. The van der Waals surface area contributed by atoms with Crippen molar-refractivity contribution < 1.29 is 14.3 Å². The summed E-state index contributed by atoms with van der Waals surface area (Å²) in [5.41, 5.74) is 1.95. The quantitative estimate of drug-likeness (QED) is 0.283. The van der Waals surface area contributed by atoms with E-state index in [1.54, 1.807) is 60.1 Å². The van der Waals surface area contributed by atoms with Crippen LogP contribution in [0.4, 0.5) is 10.5 Å². The number of ether oxygens (including phenoxy) is 1. The summed E-state index contributed by atoms with van der Waals surface area (Å²) < 4.78 is 7.35. The number of pyridine rings is 1. The zero-order valence-corrected chi connectivity index (χ0v) is 18.7. The number of anilines is 1. The summed E-state index contributed by atoms with van der Waals surface area (Å²) in [4.78, 5) is 39.3. The first-order chi connectivity index (χ1) is 15.8. The molecule has 0 atom stereocenters. The van der Waals surface area contributed by atoms with Gasteiger partial charge >= 0.3 is 12.0 Å². The molecule has 0 saturated heterocycles. The number of carbonyl (C=O) groups is 2. The lowest BCUT2D eigenvalue weighted by molar-refractivity contribution is -0.134. The molecule has 0 radical (unpaired) electrons. The number of hydrogen-bond acceptors (Lipinski definition) is 4. The molecular weight excluding hydrogens is 418 g/mol. The third kappa shape index (κ3) is 4.57. The molecule has 4 aromatic rings. The molecule has 2 amide bonds. The van der Waals surface area contributed by atoms with Gasteiger partial charge in [-0.25, -0.2) is 9.59 Å². The minimum Gasteiger partial charge on any atom is -0.425 e. The molecule has 7 heteroatoms. The zero-order chi connectivity index (χ0) is 23.5. The van der Waals surface area contributed by atoms with Crippen molar-refractivity contribution in [2.24, 2.45) is 0 Å². The Morgan fingerprint density at radius 3 is 2.00 bits per heavy atom. The SMILES string of the molecule is CC(C)NC(=O)N(C)c1ccc(OC(=O)Cn2c3ccccc3c(=O)c3ccccc32)cc1. The van der Waals surface area contributed by atoms with Crippen molar-refractivity contribution in [1.82, 2.24) is 9.88 Å². The van der Waals surface area contributed by atoms with Crippen LogP contribution < -0.4 is 20.4 Å². The molecule has 1 aromatic heterocycles. The van der Waals surface area contributed by atoms with E-state index in [0.29, 0.717) is 33.2 Å². The van der Waals surface area contributed by atoms with Gasteiger partial charge in [-0.1, -0.05) is 24.3 Å². The van der Waals surface area contributed by atoms with Gasteiger partial charge in [-0.2, -0.15) is 0 Å². The van der Waals surface area contributed by atoms with Crippen molar-refractivity contribution in [2.75, 3.05) is 11.9 Å². The van der Waals surface area contributed by atoms with Crippen molar-refractivity contribution in [2.45, 2.75) is 26.4 Å². The molecule has 168 valence electrons. The molecule has 0 aliphatic carbocycles. The topological polar surface area (TPSA) is 80.6 Å². The van der Waals surface area contributed by atoms with Crippen LogP contribution in [0.5, 0.6) is 5.75 Å². The summed E-state index contributed by atoms with van der Waals surface area (Å²) in [6, 6.07) is 21.0. The number of nitrogens with zero attached hydrogens (tertiary/aromatic N) is 2. The van der Waals surface area contributed by atoms with Crippen molar-refractivity contribution in [1.29, 1.82) is 0 Å². The number of nitrogens with one attached hydrogen (secondary N) is 1. The number of urea groups is 1. The minimum absolute atomic E-state index is 0.0283. The summed E-state index contributed by atoms with van der Waals surface area (Å²) in [5.74, 6) is -0.0938. The molecule has 0 fully saturated rings. The Morgan fingerprint density at radius 1 is 0.909 bits per heavy atom. The van der Waals surface area contributed by atoms with Gasteiger partial charge in [0.2, 0.25) is 0 Å². The molecular formula is C26H25N3O4. The van der Waals surface area contributed by atoms with Gasteiger partial charge in [0.25, 0.3) is 0 Å². The second kappa shape index (κ2) is 9.16. The number of esters is 1. The smallest absolute Gasteiger partial charge is 0.331 e. The fraction of sp³-hybridized carbons (Fsp3) is 0.192. The number of benzene rings is 3. The van der Waals surface area contributed by atoms with Crippen LogP contribution >= 0.6 is 0 Å². The van der Waals surface area contributed by atoms with Gasteiger partial charge < -0.3 is 14.6 Å². The van der Waals surface area contributed by atoms with Gasteiger partial charge in [0.1, 0.15) is 12.3 Å². The largest absolute Gasteiger partial charge is 0.425 e. The standard InChI is InChI=1S/C26H25N3O4/c1-17(2)27-26(32)28(3)18-12-14-19(15-13-18)33-24(30)16-29-22-10-6-4-8-20(22)25(31)21-9-5-7-11-23(21)29/h4-15,17H,16H2,1-3H3,(H,27,32). The first-order valence-corrected chi connectivity index (χ1v) is 10.7. The molecule has 7 nitrogen and oxygen atoms in total. The van der Waals surface area contributed by atoms with E-state index in [0.717, 1.165) is 0 Å². The van der Waals surface area contributed by atoms with Crippen LogP contribution in [0.2, 0.25) is 0 Å². The highest BCUT2D eigenvalue weighted by Crippen LogP contribution is 2.21. The Bertz CT molecular complexity index is 1330. The van der Waals surface area contributed by atoms with Crippen LogP contribution in [0, 0.1) is 0 Å². The fourth-order valence-corrected chi connectivity index (χ4v) is 3.74. The van der Waals surface area contributed by atoms with Gasteiger partial charge in [-0.05, 0) is 62.4 Å². The first-order valence-electron chi connectivity index (χ1n) is 10.7. The number of hydrogen-bond donors (Lipinski definition) is 1. The first kappa shape index (κ1) is 22.1. The van der Waals surface area contributed by atoms with Gasteiger partial charge in [-0.3, -0.25) is 9.69 Å². The van der Waals surface area contributed by atoms with Crippen molar-refractivity contribution >= 4 is 39.5 Å². The lowest BCUT2D eigenvalue weighted by Gasteiger charge is -2.20. The van der Waals surface area contributed by atoms with Gasteiger partial charge in [0, 0.05) is 29.5 Å². The van der Waals surface area contributed by atoms with Crippen LogP contribution in [-0.4, -0.2) is 29.7 Å². The van der Waals surface area contributed by atoms with Crippen molar-refractivity contribution in [3.05, 3.63) is 83.0 Å². The Morgan fingerprint density at radius 2 is 1.45 bits per heavy atom. The molecule has 1 heterocycles. The maximum atomic E-state index is 12.8. The van der Waals surface area contributed by atoms with Gasteiger partial charge in [0.05, 0.1) is 11.0 Å². The van der Waals surface area contributed by atoms with E-state index < -0.39 is 5.97 Å². The van der Waals surface area contributed by atoms with E-state index in [2.05, 4.69) is 5.32 Å². The molecule has 4 rings (SSSR count). The predicted molar refractivity (Wildman–Crippen MR) is 130 cm³/mol. The number of aromatic nitrogens is 1. The molecule has 0 bridgehead atoms. The van der Waals surface area contributed by atoms with Crippen LogP contribution in [0.15, 0.2) is 77.6 Å². The average molecular weight is 444 g/mol. The Hall–Kier alpha value is -4.13. The molecule has 0 unspecified atom stereocenters. The van der Waals surface area contributed by atoms with Crippen LogP contribution in [0.1, 0.15) is 13.8 Å². The van der Waals surface area contributed by atoms with Crippen molar-refractivity contribution in [3.8, 4) is 5.75 Å². The third-order valence-corrected chi connectivity index (χ3v) is 5.34. The fourth-order valence-electron chi connectivity index (χ4n) is 3.74. The summed E-state index contributed by atoms with van der Waals surface area (Å²) in [5, 5.41) is 3.93. The van der Waals surface area contributed by atoms with E-state index in [1.165, 1.54) is 4.90 Å². The Kier molecular flexibility index (Phi) is 6.13. The monoisotopic (exact) mass is 443 g/mol. The molecule has 3 aromatic carbocycles. The summed E-state index contributed by atoms with van der Waals surface area (Å²) in [6.45, 7) is 3.73. The van der Waals surface area contributed by atoms with Crippen molar-refractivity contribution in [3.63, 3.8) is 0 Å². The lowest BCUT2D eigenvalue weighted by Crippen LogP contribution is -2.40. The number of carbonyl (C=O) groups excluding carboxylic acids is 2. The summed E-state index contributed by atoms with van der Waals surface area (Å²) >= 11 is 0. The maximum Gasteiger partial charge on any atom is 0.331 e. The highest BCUT2D eigenvalue weighted by molar-refractivity contribution is 5.95. The Balaban J connectivity index is 1.57. The predicted octanol–water partition coefficient (Wildman–Crippen LogP) is 4.31. The third-order valence-electron chi connectivity index (χ3n) is 5.34. The Labute approximate surface area is 191 Å². The second-order valence-corrected chi connectivity index (χ2v) is 8.08. The molecule has 0 saturated carbocycles. The van der Waals surface area contributed by atoms with Crippen LogP contribution in [-0.2, 0) is 11.3 Å². The molecule has 0 aliphatic rings. The highest BCUT2D eigenvalue weighted by atomic mass is 16.5. The molecule has 33 heavy (non-hydrogen) atoms. The van der Waals surface area contributed by atoms with Crippen LogP contribution in [0.25, 0.3) is 21.8 Å². The van der Waals surface area contributed by atoms with E-state index in [4.69, 9.17) is 4.74 Å². The summed E-state index contributed by atoms with van der Waals surface area (Å²) in [7, 11) is 1.67. The maximum absolute atomic E-state index is 12.8. The number of amides is 2. The van der Waals surface area contributed by atoms with E-state index in [-0.39, 0.29) is 24.0 Å². The number of para-hydroxylation sites is 2. The minimum atomic E-state index is -0.465. The molecule has 1 N–H and O–H groups in total.